The molecule has 0 aromatic heterocycles. The lowest BCUT2D eigenvalue weighted by molar-refractivity contribution is -0.110. The summed E-state index contributed by atoms with van der Waals surface area (Å²) in [7, 11) is 0.732. The first-order chi connectivity index (χ1) is 17.6. The van der Waals surface area contributed by atoms with Crippen LogP contribution >= 0.6 is 0 Å². The second-order valence-electron chi connectivity index (χ2n) is 9.20. The number of fused-ring (bicyclic) bond motifs is 1. The van der Waals surface area contributed by atoms with Crippen LogP contribution in [0.5, 0.6) is 0 Å². The molecule has 1 aliphatic rings. The number of hydrogen-bond acceptors (Lipinski definition) is 5. The smallest absolute Gasteiger partial charge is 0.258 e. The van der Waals surface area contributed by atoms with Crippen molar-refractivity contribution in [2.45, 2.75) is 19.9 Å². The first kappa shape index (κ1) is 26.5. The molecule has 0 aliphatic carbocycles. The highest BCUT2D eigenvalue weighted by Gasteiger charge is 2.29. The van der Waals surface area contributed by atoms with E-state index in [1.165, 1.54) is 12.1 Å². The average Bonchev–Trinajstić information content (AvgIpc) is 3.17. The topological polar surface area (TPSA) is 90.5 Å². The molecule has 3 aromatic carbocycles. The number of halogens is 1. The van der Waals surface area contributed by atoms with Gasteiger partial charge in [0, 0.05) is 24.3 Å². The van der Waals surface area contributed by atoms with Crippen molar-refractivity contribution in [3.8, 4) is 0 Å². The van der Waals surface area contributed by atoms with Crippen LogP contribution in [0.2, 0.25) is 0 Å². The number of amides is 1. The fourth-order valence-electron chi connectivity index (χ4n) is 4.21. The summed E-state index contributed by atoms with van der Waals surface area (Å²) in [5.74, 6) is -0.730. The van der Waals surface area contributed by atoms with Gasteiger partial charge in [-0.15, -0.1) is 0 Å². The molecule has 37 heavy (non-hydrogen) atoms. The Morgan fingerprint density at radius 3 is 2.46 bits per heavy atom. The van der Waals surface area contributed by atoms with Gasteiger partial charge in [0.25, 0.3) is 5.91 Å². The van der Waals surface area contributed by atoms with Gasteiger partial charge in [-0.25, -0.2) is 17.5 Å². The second kappa shape index (κ2) is 11.2. The zero-order chi connectivity index (χ0) is 26.6. The molecule has 0 atom stereocenters. The van der Waals surface area contributed by atoms with E-state index >= 15 is 0 Å². The molecule has 1 heterocycles. The molecule has 0 unspecified atom stereocenters. The summed E-state index contributed by atoms with van der Waals surface area (Å²) in [5, 5.41) is 6.19. The molecule has 7 nitrogen and oxygen atoms in total. The molecule has 9 heteroatoms. The summed E-state index contributed by atoms with van der Waals surface area (Å²) >= 11 is 0. The van der Waals surface area contributed by atoms with Crippen LogP contribution in [0.1, 0.15) is 29.2 Å². The lowest BCUT2D eigenvalue weighted by atomic mass is 9.98. The van der Waals surface area contributed by atoms with E-state index in [-0.39, 0.29) is 18.2 Å². The lowest BCUT2D eigenvalue weighted by Crippen LogP contribution is -2.27. The fourth-order valence-corrected chi connectivity index (χ4v) is 4.83. The Morgan fingerprint density at radius 2 is 1.76 bits per heavy atom. The Kier molecular flexibility index (Phi) is 8.06. The van der Waals surface area contributed by atoms with Gasteiger partial charge >= 0.3 is 0 Å². The Bertz CT molecular complexity index is 1430. The van der Waals surface area contributed by atoms with Crippen LogP contribution < -0.4 is 15.4 Å². The van der Waals surface area contributed by atoms with Crippen molar-refractivity contribution in [2.24, 2.45) is 0 Å². The molecule has 0 bridgehead atoms. The van der Waals surface area contributed by atoms with E-state index in [0.717, 1.165) is 28.9 Å². The van der Waals surface area contributed by atoms with Gasteiger partial charge in [0.15, 0.2) is 0 Å². The molecule has 194 valence electrons. The number of rotatable bonds is 10. The van der Waals surface area contributed by atoms with Gasteiger partial charge < -0.3 is 15.5 Å². The van der Waals surface area contributed by atoms with Crippen LogP contribution in [0, 0.1) is 5.82 Å². The predicted molar refractivity (Wildman–Crippen MR) is 147 cm³/mol. The highest BCUT2D eigenvalue weighted by molar-refractivity contribution is 7.89. The molecular weight excluding hydrogens is 491 g/mol. The minimum atomic E-state index is -3.28. The largest absolute Gasteiger partial charge is 0.354 e. The molecule has 4 rings (SSSR count). The number of benzene rings is 3. The van der Waals surface area contributed by atoms with Crippen LogP contribution in [0.15, 0.2) is 66.7 Å². The van der Waals surface area contributed by atoms with Gasteiger partial charge in [-0.05, 0) is 80.5 Å². The van der Waals surface area contributed by atoms with Crippen molar-refractivity contribution < 1.29 is 17.6 Å². The Labute approximate surface area is 217 Å². The van der Waals surface area contributed by atoms with E-state index in [0.29, 0.717) is 28.9 Å². The van der Waals surface area contributed by atoms with Crippen molar-refractivity contribution in [3.05, 3.63) is 94.8 Å². The second-order valence-corrected chi connectivity index (χ2v) is 11.3. The third-order valence-electron chi connectivity index (χ3n) is 6.03. The number of carbonyl (C=O) groups excluding carboxylic acids is 1. The molecule has 3 aromatic rings. The highest BCUT2D eigenvalue weighted by atomic mass is 32.2. The van der Waals surface area contributed by atoms with Crippen molar-refractivity contribution in [1.82, 2.24) is 9.62 Å². The third-order valence-corrected chi connectivity index (χ3v) is 7.43. The van der Waals surface area contributed by atoms with Crippen LogP contribution in [-0.4, -0.2) is 45.6 Å². The van der Waals surface area contributed by atoms with Crippen LogP contribution in [0.4, 0.5) is 15.8 Å². The van der Waals surface area contributed by atoms with Crippen LogP contribution in [-0.2, 0) is 27.8 Å². The van der Waals surface area contributed by atoms with E-state index in [1.807, 2.05) is 62.6 Å². The van der Waals surface area contributed by atoms with Gasteiger partial charge in [-0.1, -0.05) is 30.3 Å². The van der Waals surface area contributed by atoms with Gasteiger partial charge in [-0.3, -0.25) is 4.79 Å². The molecule has 1 aliphatic heterocycles. The SMILES string of the molecule is CCS(=O)(=O)NCCc1cccc(/C(Nc2ccc(CN(C)C)cc2)=C2/C(=O)Nc3cc(F)ccc32)c1. The Hall–Kier alpha value is -3.53. The third kappa shape index (κ3) is 6.62. The molecule has 1 amide bonds. The molecular formula is C28H31FN4O3S. The number of anilines is 2. The maximum absolute atomic E-state index is 13.9. The van der Waals surface area contributed by atoms with Gasteiger partial charge in [0.05, 0.1) is 22.7 Å². The number of sulfonamides is 1. The standard InChI is InChI=1S/C28H31FN4O3S/c1-4-37(35,36)30-15-14-19-6-5-7-21(16-19)27(31-23-11-8-20(9-12-23)18-33(2)3)26-24-13-10-22(29)17-25(24)32-28(26)34/h5-13,16-17,30-31H,4,14-15,18H2,1-3H3,(H,32,34)/b27-26-. The minimum Gasteiger partial charge on any atom is -0.354 e. The highest BCUT2D eigenvalue weighted by Crippen LogP contribution is 2.38. The normalized spacial score (nSPS) is 14.5. The van der Waals surface area contributed by atoms with E-state index < -0.39 is 15.8 Å². The van der Waals surface area contributed by atoms with Crippen LogP contribution in [0.25, 0.3) is 11.3 Å². The zero-order valence-corrected chi connectivity index (χ0v) is 22.0. The zero-order valence-electron chi connectivity index (χ0n) is 21.1. The number of hydrogen-bond donors (Lipinski definition) is 3. The number of nitrogens with zero attached hydrogens (tertiary/aromatic N) is 1. The molecule has 0 radical (unpaired) electrons. The quantitative estimate of drug-likeness (QED) is 0.346. The summed E-state index contributed by atoms with van der Waals surface area (Å²) in [6.07, 6.45) is 0.489. The van der Waals surface area contributed by atoms with Gasteiger partial charge in [0.2, 0.25) is 10.0 Å². The summed E-state index contributed by atoms with van der Waals surface area (Å²) < 4.78 is 40.0. The predicted octanol–water partition coefficient (Wildman–Crippen LogP) is 4.30. The van der Waals surface area contributed by atoms with Gasteiger partial charge in [-0.2, -0.15) is 0 Å². The monoisotopic (exact) mass is 522 g/mol. The Balaban J connectivity index is 1.72. The maximum Gasteiger partial charge on any atom is 0.258 e. The number of carbonyl (C=O) groups is 1. The Morgan fingerprint density at radius 1 is 1.00 bits per heavy atom. The maximum atomic E-state index is 13.9. The van der Waals surface area contributed by atoms with Crippen molar-refractivity contribution >= 4 is 38.6 Å². The summed E-state index contributed by atoms with van der Waals surface area (Å²) in [6, 6.07) is 19.8. The lowest BCUT2D eigenvalue weighted by Gasteiger charge is -2.17. The molecule has 0 spiro atoms. The van der Waals surface area contributed by atoms with Crippen LogP contribution in [0.3, 0.4) is 0 Å². The summed E-state index contributed by atoms with van der Waals surface area (Å²) in [4.78, 5) is 15.2. The number of nitrogens with one attached hydrogen (secondary N) is 3. The fraction of sp³-hybridized carbons (Fsp3) is 0.250. The van der Waals surface area contributed by atoms with E-state index in [2.05, 4.69) is 20.3 Å². The van der Waals surface area contributed by atoms with E-state index in [1.54, 1.807) is 13.0 Å². The molecule has 3 N–H and O–H groups in total. The minimum absolute atomic E-state index is 0.0235. The van der Waals surface area contributed by atoms with Crippen molar-refractivity contribution in [3.63, 3.8) is 0 Å². The summed E-state index contributed by atoms with van der Waals surface area (Å²) in [5.41, 5.74) is 5.65. The first-order valence-electron chi connectivity index (χ1n) is 12.1. The molecule has 0 saturated heterocycles. The molecule has 0 fully saturated rings. The first-order valence-corrected chi connectivity index (χ1v) is 13.7. The van der Waals surface area contributed by atoms with Gasteiger partial charge in [0.1, 0.15) is 5.82 Å². The van der Waals surface area contributed by atoms with E-state index in [9.17, 15) is 17.6 Å². The van der Waals surface area contributed by atoms with Crippen molar-refractivity contribution in [1.29, 1.82) is 0 Å². The van der Waals surface area contributed by atoms with E-state index in [4.69, 9.17) is 0 Å². The van der Waals surface area contributed by atoms with Crippen molar-refractivity contribution in [2.75, 3.05) is 37.0 Å². The summed E-state index contributed by atoms with van der Waals surface area (Å²) in [6.45, 7) is 2.67. The molecule has 0 saturated carbocycles. The average molecular weight is 523 g/mol.